The Morgan fingerprint density at radius 2 is 2.04 bits per heavy atom. The van der Waals surface area contributed by atoms with Crippen molar-refractivity contribution in [2.24, 2.45) is 5.92 Å². The summed E-state index contributed by atoms with van der Waals surface area (Å²) in [6, 6.07) is 7.07. The molecule has 0 aliphatic carbocycles. The van der Waals surface area contributed by atoms with Crippen LogP contribution in [0.1, 0.15) is 38.7 Å². The third-order valence-corrected chi connectivity index (χ3v) is 7.15. The summed E-state index contributed by atoms with van der Waals surface area (Å²) in [5.41, 5.74) is 0.677. The quantitative estimate of drug-likeness (QED) is 0.890. The van der Waals surface area contributed by atoms with E-state index in [4.69, 9.17) is 4.74 Å². The molecule has 1 spiro atoms. The van der Waals surface area contributed by atoms with Crippen molar-refractivity contribution < 1.29 is 13.2 Å². The van der Waals surface area contributed by atoms with E-state index < -0.39 is 10.0 Å². The number of piperidine rings is 1. The Kier molecular flexibility index (Phi) is 5.54. The van der Waals surface area contributed by atoms with Crippen molar-refractivity contribution in [2.45, 2.75) is 56.6 Å². The molecule has 2 saturated heterocycles. The van der Waals surface area contributed by atoms with Crippen LogP contribution in [0.5, 0.6) is 0 Å². The van der Waals surface area contributed by atoms with Gasteiger partial charge in [0.2, 0.25) is 10.0 Å². The molecule has 2 heterocycles. The second-order valence-corrected chi connectivity index (χ2v) is 9.81. The number of sulfonamides is 1. The second kappa shape index (κ2) is 7.35. The number of ether oxygens (including phenoxy) is 1. The van der Waals surface area contributed by atoms with Gasteiger partial charge in [0.15, 0.2) is 0 Å². The predicted octanol–water partition coefficient (Wildman–Crippen LogP) is 2.55. The Labute approximate surface area is 151 Å². The van der Waals surface area contributed by atoms with E-state index in [0.29, 0.717) is 24.0 Å². The SMILES string of the molecule is Cc1ccc(S(=O)(=O)N2CC3(CCCNC3)OC[C@H]2CC(C)C)cc1. The molecule has 6 heteroatoms. The standard InChI is InChI=1S/C19H30N2O3S/c1-15(2)11-17-12-24-19(9-4-10-20-13-19)14-21(17)25(22,23)18-7-5-16(3)6-8-18/h5-8,15,17,20H,4,9-14H2,1-3H3/t17-,19?/m1/s1. The summed E-state index contributed by atoms with van der Waals surface area (Å²) in [6.45, 7) is 8.84. The first-order valence-corrected chi connectivity index (χ1v) is 10.7. The Bertz CT molecular complexity index is 679. The van der Waals surface area contributed by atoms with E-state index in [1.165, 1.54) is 0 Å². The molecular formula is C19H30N2O3S. The molecule has 0 bridgehead atoms. The number of hydrogen-bond acceptors (Lipinski definition) is 4. The highest BCUT2D eigenvalue weighted by atomic mass is 32.2. The van der Waals surface area contributed by atoms with Gasteiger partial charge < -0.3 is 10.1 Å². The summed E-state index contributed by atoms with van der Waals surface area (Å²) in [7, 11) is -3.52. The molecule has 2 atom stereocenters. The number of nitrogens with zero attached hydrogens (tertiary/aromatic N) is 1. The van der Waals surface area contributed by atoms with E-state index in [2.05, 4.69) is 19.2 Å². The van der Waals surface area contributed by atoms with Gasteiger partial charge in [0.1, 0.15) is 0 Å². The van der Waals surface area contributed by atoms with Crippen LogP contribution in [0.4, 0.5) is 0 Å². The monoisotopic (exact) mass is 366 g/mol. The highest BCUT2D eigenvalue weighted by molar-refractivity contribution is 7.89. The molecule has 1 N–H and O–H groups in total. The highest BCUT2D eigenvalue weighted by Gasteiger charge is 2.46. The van der Waals surface area contributed by atoms with Crippen LogP contribution in [0.15, 0.2) is 29.2 Å². The average molecular weight is 367 g/mol. The third kappa shape index (κ3) is 4.08. The molecular weight excluding hydrogens is 336 g/mol. The van der Waals surface area contributed by atoms with Crippen molar-refractivity contribution in [1.29, 1.82) is 0 Å². The number of rotatable bonds is 4. The molecule has 2 aliphatic heterocycles. The molecule has 1 aromatic carbocycles. The van der Waals surface area contributed by atoms with Crippen LogP contribution in [-0.4, -0.2) is 50.6 Å². The zero-order chi connectivity index (χ0) is 18.1. The predicted molar refractivity (Wildman–Crippen MR) is 99.1 cm³/mol. The van der Waals surface area contributed by atoms with Crippen LogP contribution < -0.4 is 5.32 Å². The minimum atomic E-state index is -3.52. The van der Waals surface area contributed by atoms with E-state index in [0.717, 1.165) is 37.9 Å². The van der Waals surface area contributed by atoms with Crippen LogP contribution >= 0.6 is 0 Å². The fraction of sp³-hybridized carbons (Fsp3) is 0.684. The maximum absolute atomic E-state index is 13.4. The van der Waals surface area contributed by atoms with Crippen molar-refractivity contribution in [2.75, 3.05) is 26.2 Å². The molecule has 1 unspecified atom stereocenters. The summed E-state index contributed by atoms with van der Waals surface area (Å²) < 4.78 is 34.7. The van der Waals surface area contributed by atoms with Gasteiger partial charge in [-0.15, -0.1) is 0 Å². The minimum absolute atomic E-state index is 0.0983. The molecule has 5 nitrogen and oxygen atoms in total. The molecule has 140 valence electrons. The summed E-state index contributed by atoms with van der Waals surface area (Å²) in [4.78, 5) is 0.382. The first-order valence-electron chi connectivity index (χ1n) is 9.26. The lowest BCUT2D eigenvalue weighted by molar-refractivity contribution is -0.123. The number of hydrogen-bond donors (Lipinski definition) is 1. The lowest BCUT2D eigenvalue weighted by Crippen LogP contribution is -2.63. The maximum Gasteiger partial charge on any atom is 0.243 e. The van der Waals surface area contributed by atoms with Gasteiger partial charge in [0, 0.05) is 19.1 Å². The zero-order valence-electron chi connectivity index (χ0n) is 15.5. The smallest absolute Gasteiger partial charge is 0.243 e. The number of nitrogens with one attached hydrogen (secondary N) is 1. The molecule has 0 radical (unpaired) electrons. The van der Waals surface area contributed by atoms with Gasteiger partial charge in [0.25, 0.3) is 0 Å². The Hall–Kier alpha value is -0.950. The van der Waals surface area contributed by atoms with Gasteiger partial charge in [0.05, 0.1) is 17.1 Å². The minimum Gasteiger partial charge on any atom is -0.371 e. The topological polar surface area (TPSA) is 58.6 Å². The summed E-state index contributed by atoms with van der Waals surface area (Å²) >= 11 is 0. The summed E-state index contributed by atoms with van der Waals surface area (Å²) in [6.07, 6.45) is 2.75. The van der Waals surface area contributed by atoms with Gasteiger partial charge in [-0.1, -0.05) is 31.5 Å². The summed E-state index contributed by atoms with van der Waals surface area (Å²) in [5, 5.41) is 3.37. The van der Waals surface area contributed by atoms with Gasteiger partial charge >= 0.3 is 0 Å². The molecule has 0 amide bonds. The first-order chi connectivity index (χ1) is 11.8. The lowest BCUT2D eigenvalue weighted by Gasteiger charge is -2.48. The number of benzene rings is 1. The van der Waals surface area contributed by atoms with Crippen molar-refractivity contribution in [3.05, 3.63) is 29.8 Å². The fourth-order valence-electron chi connectivity index (χ4n) is 3.87. The zero-order valence-corrected chi connectivity index (χ0v) is 16.3. The van der Waals surface area contributed by atoms with E-state index in [-0.39, 0.29) is 11.6 Å². The van der Waals surface area contributed by atoms with Gasteiger partial charge in [-0.25, -0.2) is 8.42 Å². The molecule has 0 saturated carbocycles. The normalized spacial score (nSPS) is 28.6. The second-order valence-electron chi connectivity index (χ2n) is 7.92. The van der Waals surface area contributed by atoms with E-state index >= 15 is 0 Å². The Morgan fingerprint density at radius 1 is 1.32 bits per heavy atom. The van der Waals surface area contributed by atoms with Crippen molar-refractivity contribution in [3.8, 4) is 0 Å². The molecule has 2 fully saturated rings. The summed E-state index contributed by atoms with van der Waals surface area (Å²) in [5.74, 6) is 0.419. The average Bonchev–Trinajstić information content (AvgIpc) is 2.57. The molecule has 2 aliphatic rings. The van der Waals surface area contributed by atoms with Crippen LogP contribution in [0, 0.1) is 12.8 Å². The highest BCUT2D eigenvalue weighted by Crippen LogP contribution is 2.33. The first kappa shape index (κ1) is 18.8. The van der Waals surface area contributed by atoms with E-state index in [1.54, 1.807) is 16.4 Å². The van der Waals surface area contributed by atoms with Crippen LogP contribution in [0.3, 0.4) is 0 Å². The van der Waals surface area contributed by atoms with Gasteiger partial charge in [-0.3, -0.25) is 0 Å². The Morgan fingerprint density at radius 3 is 2.64 bits per heavy atom. The lowest BCUT2D eigenvalue weighted by atomic mass is 9.91. The van der Waals surface area contributed by atoms with Gasteiger partial charge in [-0.05, 0) is 50.8 Å². The van der Waals surface area contributed by atoms with Crippen molar-refractivity contribution in [1.82, 2.24) is 9.62 Å². The Balaban J connectivity index is 1.92. The third-order valence-electron chi connectivity index (χ3n) is 5.24. The molecule has 0 aromatic heterocycles. The number of aryl methyl sites for hydroxylation is 1. The van der Waals surface area contributed by atoms with Gasteiger partial charge in [-0.2, -0.15) is 4.31 Å². The number of morpholine rings is 1. The van der Waals surface area contributed by atoms with Crippen molar-refractivity contribution >= 4 is 10.0 Å². The van der Waals surface area contributed by atoms with Crippen LogP contribution in [0.2, 0.25) is 0 Å². The largest absolute Gasteiger partial charge is 0.371 e. The van der Waals surface area contributed by atoms with Crippen LogP contribution in [-0.2, 0) is 14.8 Å². The molecule has 1 aromatic rings. The fourth-order valence-corrected chi connectivity index (χ4v) is 5.57. The molecule has 3 rings (SSSR count). The van der Waals surface area contributed by atoms with Crippen LogP contribution in [0.25, 0.3) is 0 Å². The van der Waals surface area contributed by atoms with Crippen molar-refractivity contribution in [3.63, 3.8) is 0 Å². The van der Waals surface area contributed by atoms with E-state index in [9.17, 15) is 8.42 Å². The maximum atomic E-state index is 13.4. The molecule has 25 heavy (non-hydrogen) atoms. The van der Waals surface area contributed by atoms with E-state index in [1.807, 2.05) is 19.1 Å².